The molecular formula is C12H20O4. The highest BCUT2D eigenvalue weighted by atomic mass is 16.6. The summed E-state index contributed by atoms with van der Waals surface area (Å²) in [6.45, 7) is 2.43. The topological polar surface area (TPSA) is 48.1 Å². The predicted octanol–water partition coefficient (Wildman–Crippen LogP) is 1.52. The molecule has 0 spiro atoms. The molecule has 4 unspecified atom stereocenters. The number of carbonyl (C=O) groups is 1. The maximum absolute atomic E-state index is 11.7. The second-order valence-corrected chi connectivity index (χ2v) is 4.73. The molecule has 4 atom stereocenters. The van der Waals surface area contributed by atoms with Gasteiger partial charge in [-0.2, -0.15) is 0 Å². The average Bonchev–Trinajstić information content (AvgIpc) is 3.06. The van der Waals surface area contributed by atoms with E-state index in [1.807, 2.05) is 6.92 Å². The summed E-state index contributed by atoms with van der Waals surface area (Å²) in [5.74, 6) is -0.00106. The van der Waals surface area contributed by atoms with E-state index in [4.69, 9.17) is 14.2 Å². The fourth-order valence-electron chi connectivity index (χ4n) is 2.18. The maximum atomic E-state index is 11.7. The van der Waals surface area contributed by atoms with Gasteiger partial charge in [-0.1, -0.05) is 0 Å². The van der Waals surface area contributed by atoms with Gasteiger partial charge in [-0.25, -0.2) is 0 Å². The summed E-state index contributed by atoms with van der Waals surface area (Å²) in [7, 11) is 1.66. The smallest absolute Gasteiger partial charge is 0.309 e. The first-order valence-corrected chi connectivity index (χ1v) is 6.05. The zero-order valence-corrected chi connectivity index (χ0v) is 9.98. The first-order valence-electron chi connectivity index (χ1n) is 6.05. The molecule has 0 amide bonds. The number of epoxide rings is 1. The summed E-state index contributed by atoms with van der Waals surface area (Å²) in [6, 6.07) is 0. The van der Waals surface area contributed by atoms with E-state index in [1.54, 1.807) is 7.11 Å². The number of esters is 1. The molecule has 2 aliphatic rings. The van der Waals surface area contributed by atoms with Crippen molar-refractivity contribution in [3.05, 3.63) is 0 Å². The monoisotopic (exact) mass is 228 g/mol. The highest BCUT2D eigenvalue weighted by molar-refractivity contribution is 5.72. The van der Waals surface area contributed by atoms with Gasteiger partial charge in [0.2, 0.25) is 0 Å². The third kappa shape index (κ3) is 2.95. The lowest BCUT2D eigenvalue weighted by Crippen LogP contribution is -2.25. The first kappa shape index (κ1) is 11.9. The first-order chi connectivity index (χ1) is 7.70. The Kier molecular flexibility index (Phi) is 3.82. The van der Waals surface area contributed by atoms with Crippen LogP contribution in [-0.2, 0) is 19.0 Å². The Labute approximate surface area is 96.2 Å². The molecule has 1 saturated heterocycles. The van der Waals surface area contributed by atoms with Gasteiger partial charge in [-0.3, -0.25) is 4.79 Å². The summed E-state index contributed by atoms with van der Waals surface area (Å²) < 4.78 is 15.7. The molecule has 2 fully saturated rings. The Morgan fingerprint density at radius 1 is 1.44 bits per heavy atom. The van der Waals surface area contributed by atoms with Crippen LogP contribution in [0.3, 0.4) is 0 Å². The number of ether oxygens (including phenoxy) is 3. The minimum absolute atomic E-state index is 0.0570. The van der Waals surface area contributed by atoms with Gasteiger partial charge in [-0.05, 0) is 26.2 Å². The fraction of sp³-hybridized carbons (Fsp3) is 0.917. The van der Waals surface area contributed by atoms with Crippen LogP contribution in [0.4, 0.5) is 0 Å². The van der Waals surface area contributed by atoms with Gasteiger partial charge >= 0.3 is 5.97 Å². The van der Waals surface area contributed by atoms with Gasteiger partial charge in [-0.15, -0.1) is 0 Å². The zero-order chi connectivity index (χ0) is 11.5. The molecule has 1 aliphatic carbocycles. The lowest BCUT2D eigenvalue weighted by atomic mass is 9.89. The Balaban J connectivity index is 1.63. The number of hydrogen-bond donors (Lipinski definition) is 0. The number of fused-ring (bicyclic) bond motifs is 1. The second kappa shape index (κ2) is 5.15. The predicted molar refractivity (Wildman–Crippen MR) is 58.0 cm³/mol. The van der Waals surface area contributed by atoms with Crippen LogP contribution in [0.1, 0.15) is 32.6 Å². The Hall–Kier alpha value is -0.610. The normalized spacial score (nSPS) is 34.0. The van der Waals surface area contributed by atoms with Crippen molar-refractivity contribution >= 4 is 5.97 Å². The van der Waals surface area contributed by atoms with E-state index < -0.39 is 0 Å². The van der Waals surface area contributed by atoms with Crippen molar-refractivity contribution in [2.75, 3.05) is 13.7 Å². The molecule has 0 bridgehead atoms. The molecule has 1 heterocycles. The van der Waals surface area contributed by atoms with E-state index in [0.29, 0.717) is 18.8 Å². The van der Waals surface area contributed by atoms with Gasteiger partial charge in [0.1, 0.15) is 0 Å². The molecule has 4 heteroatoms. The summed E-state index contributed by atoms with van der Waals surface area (Å²) in [5, 5.41) is 0. The summed E-state index contributed by atoms with van der Waals surface area (Å²) in [6.07, 6.45) is 4.47. The molecule has 1 aliphatic heterocycles. The quantitative estimate of drug-likeness (QED) is 0.529. The Bertz CT molecular complexity index is 253. The molecule has 4 nitrogen and oxygen atoms in total. The van der Waals surface area contributed by atoms with E-state index in [-0.39, 0.29) is 18.0 Å². The third-order valence-corrected chi connectivity index (χ3v) is 3.51. The van der Waals surface area contributed by atoms with E-state index in [1.165, 1.54) is 0 Å². The van der Waals surface area contributed by atoms with Crippen molar-refractivity contribution in [1.29, 1.82) is 0 Å². The number of carbonyl (C=O) groups excluding carboxylic acids is 1. The SMILES string of the molecule is COC(C)CCOC(=O)C1CCC2OC2C1. The van der Waals surface area contributed by atoms with Crippen LogP contribution >= 0.6 is 0 Å². The molecule has 0 aromatic heterocycles. The van der Waals surface area contributed by atoms with E-state index >= 15 is 0 Å². The van der Waals surface area contributed by atoms with Crippen molar-refractivity contribution in [1.82, 2.24) is 0 Å². The standard InChI is InChI=1S/C12H20O4/c1-8(14-2)5-6-15-12(13)9-3-4-10-11(7-9)16-10/h8-11H,3-7H2,1-2H3. The van der Waals surface area contributed by atoms with Gasteiger partial charge in [0, 0.05) is 13.5 Å². The van der Waals surface area contributed by atoms with Crippen molar-refractivity contribution in [2.45, 2.75) is 50.9 Å². The lowest BCUT2D eigenvalue weighted by Gasteiger charge is -2.18. The van der Waals surface area contributed by atoms with Crippen LogP contribution in [0.2, 0.25) is 0 Å². The molecule has 1 saturated carbocycles. The van der Waals surface area contributed by atoms with E-state index in [0.717, 1.165) is 25.7 Å². The molecule has 0 radical (unpaired) electrons. The van der Waals surface area contributed by atoms with E-state index in [9.17, 15) is 4.79 Å². The van der Waals surface area contributed by atoms with Crippen LogP contribution in [-0.4, -0.2) is 38.0 Å². The highest BCUT2D eigenvalue weighted by Gasteiger charge is 2.46. The Morgan fingerprint density at radius 3 is 2.94 bits per heavy atom. The molecule has 0 aromatic carbocycles. The molecular weight excluding hydrogens is 208 g/mol. The average molecular weight is 228 g/mol. The van der Waals surface area contributed by atoms with Crippen LogP contribution in [0, 0.1) is 5.92 Å². The summed E-state index contributed by atoms with van der Waals surface area (Å²) in [5.41, 5.74) is 0. The van der Waals surface area contributed by atoms with Crippen LogP contribution in [0.5, 0.6) is 0 Å². The van der Waals surface area contributed by atoms with Gasteiger partial charge in [0.25, 0.3) is 0 Å². The molecule has 0 N–H and O–H groups in total. The molecule has 92 valence electrons. The minimum atomic E-state index is -0.0581. The van der Waals surface area contributed by atoms with Crippen LogP contribution in [0.25, 0.3) is 0 Å². The maximum Gasteiger partial charge on any atom is 0.309 e. The lowest BCUT2D eigenvalue weighted by molar-refractivity contribution is -0.150. The summed E-state index contributed by atoms with van der Waals surface area (Å²) in [4.78, 5) is 11.7. The van der Waals surface area contributed by atoms with Gasteiger partial charge < -0.3 is 14.2 Å². The van der Waals surface area contributed by atoms with Crippen molar-refractivity contribution in [2.24, 2.45) is 5.92 Å². The van der Waals surface area contributed by atoms with E-state index in [2.05, 4.69) is 0 Å². The largest absolute Gasteiger partial charge is 0.465 e. The Morgan fingerprint density at radius 2 is 2.25 bits per heavy atom. The number of hydrogen-bond acceptors (Lipinski definition) is 4. The summed E-state index contributed by atoms with van der Waals surface area (Å²) >= 11 is 0. The van der Waals surface area contributed by atoms with Gasteiger partial charge in [0.05, 0.1) is 30.8 Å². The van der Waals surface area contributed by atoms with Crippen molar-refractivity contribution < 1.29 is 19.0 Å². The fourth-order valence-corrected chi connectivity index (χ4v) is 2.18. The van der Waals surface area contributed by atoms with Crippen LogP contribution < -0.4 is 0 Å². The zero-order valence-electron chi connectivity index (χ0n) is 9.98. The van der Waals surface area contributed by atoms with Crippen LogP contribution in [0.15, 0.2) is 0 Å². The molecule has 2 rings (SSSR count). The second-order valence-electron chi connectivity index (χ2n) is 4.73. The number of rotatable bonds is 5. The minimum Gasteiger partial charge on any atom is -0.465 e. The van der Waals surface area contributed by atoms with Crippen molar-refractivity contribution in [3.63, 3.8) is 0 Å². The third-order valence-electron chi connectivity index (χ3n) is 3.51. The molecule has 0 aromatic rings. The molecule has 16 heavy (non-hydrogen) atoms. The highest BCUT2D eigenvalue weighted by Crippen LogP contribution is 2.39. The van der Waals surface area contributed by atoms with Gasteiger partial charge in [0.15, 0.2) is 0 Å². The van der Waals surface area contributed by atoms with Crippen molar-refractivity contribution in [3.8, 4) is 0 Å². The number of methoxy groups -OCH3 is 1.